The minimum atomic E-state index is -3.55. The molecule has 0 spiro atoms. The molecule has 1 aromatic carbocycles. The molecule has 6 heteroatoms. The number of benzene rings is 1. The highest BCUT2D eigenvalue weighted by atomic mass is 32.2. The zero-order valence-electron chi connectivity index (χ0n) is 12.1. The van der Waals surface area contributed by atoms with Crippen LogP contribution in [0.3, 0.4) is 0 Å². The van der Waals surface area contributed by atoms with E-state index in [2.05, 4.69) is 0 Å². The number of rotatable bonds is 6. The first-order valence-electron chi connectivity index (χ1n) is 6.65. The van der Waals surface area contributed by atoms with Crippen molar-refractivity contribution in [3.63, 3.8) is 0 Å². The number of furan rings is 1. The van der Waals surface area contributed by atoms with Gasteiger partial charge in [-0.3, -0.25) is 0 Å². The summed E-state index contributed by atoms with van der Waals surface area (Å²) in [7, 11) is -2.03. The summed E-state index contributed by atoms with van der Waals surface area (Å²) in [4.78, 5) is 0.231. The van der Waals surface area contributed by atoms with Crippen molar-refractivity contribution in [2.45, 2.75) is 24.8 Å². The Morgan fingerprint density at radius 3 is 2.33 bits per heavy atom. The van der Waals surface area contributed by atoms with E-state index in [9.17, 15) is 8.42 Å². The van der Waals surface area contributed by atoms with E-state index in [0.717, 1.165) is 11.3 Å². The van der Waals surface area contributed by atoms with Gasteiger partial charge in [-0.25, -0.2) is 8.42 Å². The number of sulfonamides is 1. The van der Waals surface area contributed by atoms with E-state index in [-0.39, 0.29) is 18.0 Å². The van der Waals surface area contributed by atoms with E-state index in [4.69, 9.17) is 9.52 Å². The lowest BCUT2D eigenvalue weighted by atomic mass is 10.2. The number of aliphatic hydroxyl groups excluding tert-OH is 1. The first kappa shape index (κ1) is 15.8. The number of aliphatic hydroxyl groups is 1. The Labute approximate surface area is 124 Å². The van der Waals surface area contributed by atoms with Crippen LogP contribution in [0.2, 0.25) is 0 Å². The van der Waals surface area contributed by atoms with Crippen LogP contribution in [-0.4, -0.2) is 31.5 Å². The van der Waals surface area contributed by atoms with Crippen LogP contribution in [-0.2, 0) is 23.0 Å². The van der Waals surface area contributed by atoms with Gasteiger partial charge in [0.1, 0.15) is 11.5 Å². The maximum Gasteiger partial charge on any atom is 0.243 e. The summed E-state index contributed by atoms with van der Waals surface area (Å²) in [5.41, 5.74) is 0.903. The highest BCUT2D eigenvalue weighted by molar-refractivity contribution is 7.89. The average molecular weight is 309 g/mol. The molecule has 1 aromatic heterocycles. The van der Waals surface area contributed by atoms with Crippen LogP contribution in [0.25, 0.3) is 0 Å². The van der Waals surface area contributed by atoms with Crippen molar-refractivity contribution >= 4 is 10.0 Å². The van der Waals surface area contributed by atoms with E-state index < -0.39 is 10.0 Å². The maximum atomic E-state index is 12.4. The molecule has 0 atom stereocenters. The van der Waals surface area contributed by atoms with Crippen LogP contribution >= 0.6 is 0 Å². The van der Waals surface area contributed by atoms with Gasteiger partial charge in [0.15, 0.2) is 0 Å². The minimum Gasteiger partial charge on any atom is -0.465 e. The highest BCUT2D eigenvalue weighted by Gasteiger charge is 2.21. The average Bonchev–Trinajstić information content (AvgIpc) is 2.85. The van der Waals surface area contributed by atoms with Gasteiger partial charge in [-0.05, 0) is 43.2 Å². The Hall–Kier alpha value is -1.63. The number of hydrogen-bond acceptors (Lipinski definition) is 4. The lowest BCUT2D eigenvalue weighted by molar-refractivity contribution is 0.299. The molecule has 2 aromatic rings. The summed E-state index contributed by atoms with van der Waals surface area (Å²) in [6.45, 7) is 2.05. The quantitative estimate of drug-likeness (QED) is 0.885. The topological polar surface area (TPSA) is 70.8 Å². The summed E-state index contributed by atoms with van der Waals surface area (Å²) in [6, 6.07) is 10.1. The van der Waals surface area contributed by atoms with E-state index in [0.29, 0.717) is 12.2 Å². The summed E-state index contributed by atoms with van der Waals surface area (Å²) >= 11 is 0. The highest BCUT2D eigenvalue weighted by Crippen LogP contribution is 2.18. The standard InChI is InChI=1S/C15H19NO4S/c1-12-3-6-14(20-12)11-16(2)21(18,19)15-7-4-13(5-8-15)9-10-17/h3-8,17H,9-11H2,1-2H3. The van der Waals surface area contributed by atoms with Gasteiger partial charge in [-0.1, -0.05) is 12.1 Å². The molecule has 0 aliphatic rings. The van der Waals surface area contributed by atoms with Crippen LogP contribution in [0.5, 0.6) is 0 Å². The van der Waals surface area contributed by atoms with Crippen molar-refractivity contribution in [1.29, 1.82) is 0 Å². The first-order chi connectivity index (χ1) is 9.93. The van der Waals surface area contributed by atoms with Gasteiger partial charge in [0, 0.05) is 13.7 Å². The molecular formula is C15H19NO4S. The van der Waals surface area contributed by atoms with E-state index in [1.165, 1.54) is 11.4 Å². The van der Waals surface area contributed by atoms with Crippen molar-refractivity contribution in [1.82, 2.24) is 4.31 Å². The smallest absolute Gasteiger partial charge is 0.243 e. The lowest BCUT2D eigenvalue weighted by Crippen LogP contribution is -2.26. The van der Waals surface area contributed by atoms with Crippen molar-refractivity contribution in [2.75, 3.05) is 13.7 Å². The minimum absolute atomic E-state index is 0.0455. The second kappa shape index (κ2) is 6.43. The predicted octanol–water partition coefficient (Wildman–Crippen LogP) is 1.94. The third-order valence-corrected chi connectivity index (χ3v) is 5.02. The zero-order chi connectivity index (χ0) is 15.5. The number of hydrogen-bond donors (Lipinski definition) is 1. The first-order valence-corrected chi connectivity index (χ1v) is 8.09. The molecule has 5 nitrogen and oxygen atoms in total. The van der Waals surface area contributed by atoms with Crippen LogP contribution < -0.4 is 0 Å². The summed E-state index contributed by atoms with van der Waals surface area (Å²) in [6.07, 6.45) is 0.516. The lowest BCUT2D eigenvalue weighted by Gasteiger charge is -2.16. The van der Waals surface area contributed by atoms with E-state index >= 15 is 0 Å². The van der Waals surface area contributed by atoms with Crippen LogP contribution in [0.15, 0.2) is 45.7 Å². The van der Waals surface area contributed by atoms with Crippen LogP contribution in [0.1, 0.15) is 17.1 Å². The monoisotopic (exact) mass is 309 g/mol. The molecule has 0 saturated heterocycles. The van der Waals surface area contributed by atoms with Gasteiger partial charge in [0.05, 0.1) is 11.4 Å². The summed E-state index contributed by atoms with van der Waals surface area (Å²) in [5, 5.41) is 8.87. The third kappa shape index (κ3) is 3.72. The SMILES string of the molecule is Cc1ccc(CN(C)S(=O)(=O)c2ccc(CCO)cc2)o1. The fourth-order valence-corrected chi connectivity index (χ4v) is 3.15. The molecule has 2 rings (SSSR count). The van der Waals surface area contributed by atoms with Crippen molar-refractivity contribution in [3.8, 4) is 0 Å². The van der Waals surface area contributed by atoms with E-state index in [1.807, 2.05) is 6.92 Å². The summed E-state index contributed by atoms with van der Waals surface area (Å²) < 4.78 is 31.6. The molecule has 114 valence electrons. The molecule has 0 fully saturated rings. The molecule has 0 unspecified atom stereocenters. The van der Waals surface area contributed by atoms with Crippen molar-refractivity contribution in [2.24, 2.45) is 0 Å². The Kier molecular flexibility index (Phi) is 4.82. The maximum absolute atomic E-state index is 12.4. The van der Waals surface area contributed by atoms with Gasteiger partial charge in [0.2, 0.25) is 10.0 Å². The number of aryl methyl sites for hydroxylation is 1. The molecule has 0 saturated carbocycles. The molecule has 0 aliphatic heterocycles. The molecule has 1 heterocycles. The second-order valence-electron chi connectivity index (χ2n) is 4.89. The van der Waals surface area contributed by atoms with Gasteiger partial charge in [0.25, 0.3) is 0 Å². The predicted molar refractivity (Wildman–Crippen MR) is 79.3 cm³/mol. The molecular weight excluding hydrogens is 290 g/mol. The molecule has 0 aliphatic carbocycles. The molecule has 0 amide bonds. The zero-order valence-corrected chi connectivity index (χ0v) is 12.9. The fraction of sp³-hybridized carbons (Fsp3) is 0.333. The van der Waals surface area contributed by atoms with Gasteiger partial charge in [-0.15, -0.1) is 0 Å². The van der Waals surface area contributed by atoms with Gasteiger partial charge < -0.3 is 9.52 Å². The van der Waals surface area contributed by atoms with Gasteiger partial charge >= 0.3 is 0 Å². The molecule has 1 N–H and O–H groups in total. The normalized spacial score (nSPS) is 12.0. The summed E-state index contributed by atoms with van der Waals surface area (Å²) in [5.74, 6) is 1.36. The van der Waals surface area contributed by atoms with E-state index in [1.54, 1.807) is 36.4 Å². The molecule has 0 radical (unpaired) electrons. The Bertz CT molecular complexity index is 689. The Morgan fingerprint density at radius 1 is 1.14 bits per heavy atom. The van der Waals surface area contributed by atoms with Crippen molar-refractivity contribution < 1.29 is 17.9 Å². The number of nitrogens with zero attached hydrogens (tertiary/aromatic N) is 1. The Balaban J connectivity index is 2.16. The second-order valence-corrected chi connectivity index (χ2v) is 6.94. The van der Waals surface area contributed by atoms with Crippen LogP contribution in [0.4, 0.5) is 0 Å². The fourth-order valence-electron chi connectivity index (χ4n) is 2.01. The van der Waals surface area contributed by atoms with Crippen LogP contribution in [0, 0.1) is 6.92 Å². The van der Waals surface area contributed by atoms with Gasteiger partial charge in [-0.2, -0.15) is 4.31 Å². The molecule has 0 bridgehead atoms. The van der Waals surface area contributed by atoms with Crippen molar-refractivity contribution in [3.05, 3.63) is 53.5 Å². The Morgan fingerprint density at radius 2 is 1.81 bits per heavy atom. The molecule has 21 heavy (non-hydrogen) atoms. The largest absolute Gasteiger partial charge is 0.465 e. The third-order valence-electron chi connectivity index (χ3n) is 3.21.